The summed E-state index contributed by atoms with van der Waals surface area (Å²) in [5.41, 5.74) is 0.935. The van der Waals surface area contributed by atoms with Gasteiger partial charge >= 0.3 is 6.09 Å². The quantitative estimate of drug-likeness (QED) is 0.630. The molecule has 2 rings (SSSR count). The van der Waals surface area contributed by atoms with Crippen molar-refractivity contribution in [3.8, 4) is 0 Å². The van der Waals surface area contributed by atoms with Crippen LogP contribution in [0.1, 0.15) is 37.4 Å². The second-order valence-electron chi connectivity index (χ2n) is 4.88. The van der Waals surface area contributed by atoms with E-state index in [2.05, 4.69) is 0 Å². The van der Waals surface area contributed by atoms with E-state index in [0.29, 0.717) is 11.1 Å². The van der Waals surface area contributed by atoms with Crippen LogP contribution in [0.4, 0.5) is 10.5 Å². The maximum atomic E-state index is 12.0. The largest absolute Gasteiger partial charge is 0.449 e. The molecule has 0 saturated carbocycles. The number of hydrogen-bond acceptors (Lipinski definition) is 5. The van der Waals surface area contributed by atoms with E-state index in [4.69, 9.17) is 4.74 Å². The summed E-state index contributed by atoms with van der Waals surface area (Å²) < 4.78 is 4.98. The molecule has 1 unspecified atom stereocenters. The molecule has 1 amide bonds. The van der Waals surface area contributed by atoms with Crippen LogP contribution >= 0.6 is 0 Å². The molecule has 7 heteroatoms. The second-order valence-corrected chi connectivity index (χ2v) is 4.88. The Balaban J connectivity index is 2.50. The lowest BCUT2D eigenvalue weighted by atomic mass is 9.92. The van der Waals surface area contributed by atoms with Crippen molar-refractivity contribution in [2.75, 3.05) is 6.61 Å². The van der Waals surface area contributed by atoms with Gasteiger partial charge in [-0.2, -0.15) is 0 Å². The molecule has 7 nitrogen and oxygen atoms in total. The molecule has 1 aromatic rings. The lowest BCUT2D eigenvalue weighted by Crippen LogP contribution is -2.34. The van der Waals surface area contributed by atoms with Crippen LogP contribution in [0, 0.1) is 10.1 Å². The van der Waals surface area contributed by atoms with Crippen molar-refractivity contribution in [1.29, 1.82) is 0 Å². The summed E-state index contributed by atoms with van der Waals surface area (Å²) in [5, 5.41) is 11.1. The molecule has 1 aliphatic heterocycles. The van der Waals surface area contributed by atoms with Crippen LogP contribution in [0.25, 0.3) is 6.08 Å². The van der Waals surface area contributed by atoms with Gasteiger partial charge in [0.25, 0.3) is 5.69 Å². The highest BCUT2D eigenvalue weighted by molar-refractivity contribution is 5.81. The zero-order valence-electron chi connectivity index (χ0n) is 12.3. The fourth-order valence-corrected chi connectivity index (χ4v) is 2.48. The minimum absolute atomic E-state index is 0.0502. The van der Waals surface area contributed by atoms with Crippen LogP contribution in [-0.2, 0) is 9.53 Å². The average Bonchev–Trinajstić information content (AvgIpc) is 2.46. The number of nitro groups is 1. The van der Waals surface area contributed by atoms with E-state index in [1.807, 2.05) is 0 Å². The van der Waals surface area contributed by atoms with Gasteiger partial charge in [0.2, 0.25) is 0 Å². The van der Waals surface area contributed by atoms with Gasteiger partial charge in [0, 0.05) is 18.7 Å². The number of amides is 1. The SMILES string of the molecule is CCOC(=O)N1C=Cc2c(cccc2[N+](=O)[O-])C1CC(C)=O. The van der Waals surface area contributed by atoms with E-state index < -0.39 is 17.1 Å². The molecular weight excluding hydrogens is 288 g/mol. The number of fused-ring (bicyclic) bond motifs is 1. The highest BCUT2D eigenvalue weighted by atomic mass is 16.6. The molecule has 0 aliphatic carbocycles. The van der Waals surface area contributed by atoms with Gasteiger partial charge in [-0.25, -0.2) is 4.79 Å². The van der Waals surface area contributed by atoms with E-state index in [1.54, 1.807) is 19.1 Å². The fraction of sp³-hybridized carbons (Fsp3) is 0.333. The molecule has 1 atom stereocenters. The molecule has 0 saturated heterocycles. The highest BCUT2D eigenvalue weighted by Gasteiger charge is 2.32. The minimum Gasteiger partial charge on any atom is -0.449 e. The highest BCUT2D eigenvalue weighted by Crippen LogP contribution is 2.37. The molecule has 1 aliphatic rings. The van der Waals surface area contributed by atoms with Gasteiger partial charge in [-0.15, -0.1) is 0 Å². The number of hydrogen-bond donors (Lipinski definition) is 0. The summed E-state index contributed by atoms with van der Waals surface area (Å²) in [6, 6.07) is 4.03. The number of carbonyl (C=O) groups excluding carboxylic acids is 2. The molecule has 0 N–H and O–H groups in total. The van der Waals surface area contributed by atoms with Gasteiger partial charge < -0.3 is 4.74 Å². The Hall–Kier alpha value is -2.70. The standard InChI is InChI=1S/C15H16N2O5/c1-3-22-15(19)16-8-7-12-11(14(16)9-10(2)18)5-4-6-13(12)17(20)21/h4-8,14H,3,9H2,1-2H3. The lowest BCUT2D eigenvalue weighted by molar-refractivity contribution is -0.385. The molecule has 1 heterocycles. The molecule has 0 fully saturated rings. The Bertz CT molecular complexity index is 653. The zero-order chi connectivity index (χ0) is 16.3. The van der Waals surface area contributed by atoms with Crippen molar-refractivity contribution in [2.24, 2.45) is 0 Å². The van der Waals surface area contributed by atoms with E-state index in [1.165, 1.54) is 30.2 Å². The van der Waals surface area contributed by atoms with Crippen molar-refractivity contribution >= 4 is 23.6 Å². The summed E-state index contributed by atoms with van der Waals surface area (Å²) in [7, 11) is 0. The van der Waals surface area contributed by atoms with E-state index >= 15 is 0 Å². The van der Waals surface area contributed by atoms with Crippen LogP contribution < -0.4 is 0 Å². The van der Waals surface area contributed by atoms with Gasteiger partial charge in [-0.1, -0.05) is 12.1 Å². The number of ketones is 1. The predicted octanol–water partition coefficient (Wildman–Crippen LogP) is 3.06. The minimum atomic E-state index is -0.601. The molecular formula is C15H16N2O5. The Morgan fingerprint density at radius 2 is 2.14 bits per heavy atom. The molecule has 0 bridgehead atoms. The number of benzene rings is 1. The van der Waals surface area contributed by atoms with Crippen LogP contribution in [0.5, 0.6) is 0 Å². The van der Waals surface area contributed by atoms with Gasteiger partial charge in [0.05, 0.1) is 23.1 Å². The molecule has 0 radical (unpaired) electrons. The monoisotopic (exact) mass is 304 g/mol. The summed E-state index contributed by atoms with van der Waals surface area (Å²) >= 11 is 0. The molecule has 22 heavy (non-hydrogen) atoms. The van der Waals surface area contributed by atoms with E-state index in [0.717, 1.165) is 0 Å². The Morgan fingerprint density at radius 3 is 2.73 bits per heavy atom. The van der Waals surface area contributed by atoms with Crippen molar-refractivity contribution in [3.63, 3.8) is 0 Å². The van der Waals surface area contributed by atoms with Gasteiger partial charge in [-0.3, -0.25) is 19.8 Å². The number of Topliss-reactive ketones (excluding diaryl/α,β-unsaturated/α-hetero) is 1. The topological polar surface area (TPSA) is 89.8 Å². The second kappa shape index (κ2) is 6.38. The Morgan fingerprint density at radius 1 is 1.41 bits per heavy atom. The zero-order valence-corrected chi connectivity index (χ0v) is 12.3. The molecule has 0 spiro atoms. The van der Waals surface area contributed by atoms with Gasteiger partial charge in [0.1, 0.15) is 5.78 Å². The van der Waals surface area contributed by atoms with Crippen molar-refractivity contribution in [1.82, 2.24) is 4.90 Å². The average molecular weight is 304 g/mol. The smallest absolute Gasteiger partial charge is 0.414 e. The molecule has 0 aromatic heterocycles. The number of ether oxygens (including phenoxy) is 1. The number of carbonyl (C=O) groups is 2. The van der Waals surface area contributed by atoms with E-state index in [9.17, 15) is 19.7 Å². The first-order chi connectivity index (χ1) is 10.5. The summed E-state index contributed by atoms with van der Waals surface area (Å²) in [6.07, 6.45) is 2.42. The summed E-state index contributed by atoms with van der Waals surface area (Å²) in [6.45, 7) is 3.31. The maximum Gasteiger partial charge on any atom is 0.414 e. The van der Waals surface area contributed by atoms with Crippen molar-refractivity contribution in [3.05, 3.63) is 45.6 Å². The normalized spacial score (nSPS) is 16.1. The third-order valence-electron chi connectivity index (χ3n) is 3.37. The maximum absolute atomic E-state index is 12.0. The van der Waals surface area contributed by atoms with Crippen LogP contribution in [0.2, 0.25) is 0 Å². The molecule has 116 valence electrons. The lowest BCUT2D eigenvalue weighted by Gasteiger charge is -2.31. The Labute approximate surface area is 127 Å². The third-order valence-corrected chi connectivity index (χ3v) is 3.37. The first kappa shape index (κ1) is 15.7. The van der Waals surface area contributed by atoms with Gasteiger partial charge in [0.15, 0.2) is 0 Å². The summed E-state index contributed by atoms with van der Waals surface area (Å²) in [5.74, 6) is -0.118. The third kappa shape index (κ3) is 2.98. The number of nitrogens with zero attached hydrogens (tertiary/aromatic N) is 2. The van der Waals surface area contributed by atoms with Crippen LogP contribution in [-0.4, -0.2) is 28.3 Å². The van der Waals surface area contributed by atoms with Crippen LogP contribution in [0.15, 0.2) is 24.4 Å². The number of nitro benzene ring substituents is 1. The Kier molecular flexibility index (Phi) is 4.55. The van der Waals surface area contributed by atoms with E-state index in [-0.39, 0.29) is 24.5 Å². The van der Waals surface area contributed by atoms with Gasteiger partial charge in [-0.05, 0) is 25.5 Å². The fourth-order valence-electron chi connectivity index (χ4n) is 2.48. The first-order valence-corrected chi connectivity index (χ1v) is 6.85. The first-order valence-electron chi connectivity index (χ1n) is 6.85. The summed E-state index contributed by atoms with van der Waals surface area (Å²) in [4.78, 5) is 35.5. The number of rotatable bonds is 4. The van der Waals surface area contributed by atoms with Crippen LogP contribution in [0.3, 0.4) is 0 Å². The predicted molar refractivity (Wildman–Crippen MR) is 79.0 cm³/mol. The van der Waals surface area contributed by atoms with Crippen molar-refractivity contribution in [2.45, 2.75) is 26.3 Å². The van der Waals surface area contributed by atoms with Crippen molar-refractivity contribution < 1.29 is 19.2 Å². The molecule has 1 aromatic carbocycles.